The van der Waals surface area contributed by atoms with Crippen LogP contribution in [0.2, 0.25) is 0 Å². The second kappa shape index (κ2) is 6.53. The van der Waals surface area contributed by atoms with E-state index >= 15 is 0 Å². The summed E-state index contributed by atoms with van der Waals surface area (Å²) in [6, 6.07) is 14.0. The van der Waals surface area contributed by atoms with Crippen LogP contribution in [0.3, 0.4) is 0 Å². The molecule has 2 aromatic rings. The molecule has 106 valence electrons. The Morgan fingerprint density at radius 2 is 1.90 bits per heavy atom. The van der Waals surface area contributed by atoms with Gasteiger partial charge in [0.15, 0.2) is 0 Å². The summed E-state index contributed by atoms with van der Waals surface area (Å²) in [5.74, 6) is -0.263. The highest BCUT2D eigenvalue weighted by molar-refractivity contribution is 5.87. The van der Waals surface area contributed by atoms with Gasteiger partial charge in [0.25, 0.3) is 0 Å². The van der Waals surface area contributed by atoms with Gasteiger partial charge in [0.05, 0.1) is 18.6 Å². The average molecular weight is 271 g/mol. The van der Waals surface area contributed by atoms with Crippen molar-refractivity contribution < 1.29 is 9.90 Å². The molecule has 0 aromatic heterocycles. The van der Waals surface area contributed by atoms with Crippen molar-refractivity contribution in [2.45, 2.75) is 32.2 Å². The summed E-state index contributed by atoms with van der Waals surface area (Å²) in [7, 11) is 0. The summed E-state index contributed by atoms with van der Waals surface area (Å²) in [6.45, 7) is 3.82. The van der Waals surface area contributed by atoms with Gasteiger partial charge in [-0.25, -0.2) is 0 Å². The van der Waals surface area contributed by atoms with Crippen molar-refractivity contribution in [2.24, 2.45) is 0 Å². The monoisotopic (exact) mass is 271 g/mol. The zero-order valence-electron chi connectivity index (χ0n) is 12.0. The fourth-order valence-electron chi connectivity index (χ4n) is 2.23. The first-order chi connectivity index (χ1) is 9.65. The number of amides is 1. The summed E-state index contributed by atoms with van der Waals surface area (Å²) < 4.78 is 0. The van der Waals surface area contributed by atoms with Crippen LogP contribution in [0.25, 0.3) is 10.8 Å². The molecule has 2 aromatic carbocycles. The van der Waals surface area contributed by atoms with Gasteiger partial charge in [-0.15, -0.1) is 0 Å². The number of aliphatic hydroxyl groups excluding tert-OH is 1. The Morgan fingerprint density at radius 3 is 2.55 bits per heavy atom. The van der Waals surface area contributed by atoms with Crippen molar-refractivity contribution in [1.29, 1.82) is 0 Å². The minimum atomic E-state index is -0.222. The van der Waals surface area contributed by atoms with E-state index in [-0.39, 0.29) is 24.5 Å². The Morgan fingerprint density at radius 1 is 1.20 bits per heavy atom. The molecule has 20 heavy (non-hydrogen) atoms. The van der Waals surface area contributed by atoms with Gasteiger partial charge in [0.1, 0.15) is 0 Å². The smallest absolute Gasteiger partial charge is 0.227 e. The highest BCUT2D eigenvalue weighted by Gasteiger charge is 2.18. The maximum Gasteiger partial charge on any atom is 0.227 e. The maximum atomic E-state index is 12.2. The van der Waals surface area contributed by atoms with Crippen molar-refractivity contribution in [3.8, 4) is 0 Å². The molecule has 0 saturated carbocycles. The van der Waals surface area contributed by atoms with Crippen molar-refractivity contribution in [1.82, 2.24) is 5.32 Å². The average Bonchev–Trinajstić information content (AvgIpc) is 2.51. The lowest BCUT2D eigenvalue weighted by Gasteiger charge is -2.18. The summed E-state index contributed by atoms with van der Waals surface area (Å²) in [5.41, 5.74) is 0.994. The number of nitrogens with one attached hydrogen (secondary N) is 1. The van der Waals surface area contributed by atoms with Gasteiger partial charge in [0.2, 0.25) is 5.91 Å². The van der Waals surface area contributed by atoms with Gasteiger partial charge in [-0.2, -0.15) is 0 Å². The lowest BCUT2D eigenvalue weighted by atomic mass is 9.97. The Hall–Kier alpha value is -1.87. The van der Waals surface area contributed by atoms with Crippen LogP contribution in [0, 0.1) is 0 Å². The van der Waals surface area contributed by atoms with Crippen LogP contribution < -0.4 is 5.32 Å². The molecule has 2 unspecified atom stereocenters. The van der Waals surface area contributed by atoms with E-state index in [0.29, 0.717) is 0 Å². The fourth-order valence-corrected chi connectivity index (χ4v) is 2.23. The van der Waals surface area contributed by atoms with Crippen LogP contribution in [0.4, 0.5) is 0 Å². The molecular formula is C17H21NO2. The number of carbonyl (C=O) groups is 1. The molecule has 0 aliphatic heterocycles. The van der Waals surface area contributed by atoms with E-state index in [0.717, 1.165) is 17.4 Å². The predicted octanol–water partition coefficient (Wildman–Crippen LogP) is 2.83. The Kier molecular flexibility index (Phi) is 4.74. The third-order valence-electron chi connectivity index (χ3n) is 3.73. The zero-order chi connectivity index (χ0) is 14.5. The molecule has 0 heterocycles. The minimum absolute atomic E-state index is 0.0212. The van der Waals surface area contributed by atoms with Crippen LogP contribution in [0.15, 0.2) is 42.5 Å². The molecule has 3 nitrogen and oxygen atoms in total. The molecule has 0 saturated heterocycles. The van der Waals surface area contributed by atoms with E-state index in [1.807, 2.05) is 44.2 Å². The van der Waals surface area contributed by atoms with E-state index in [4.69, 9.17) is 5.11 Å². The molecule has 2 rings (SSSR count). The summed E-state index contributed by atoms with van der Waals surface area (Å²) in [6.07, 6.45) is 0.729. The molecule has 3 heteroatoms. The topological polar surface area (TPSA) is 49.3 Å². The van der Waals surface area contributed by atoms with Crippen LogP contribution >= 0.6 is 0 Å². The van der Waals surface area contributed by atoms with Gasteiger partial charge >= 0.3 is 0 Å². The Bertz CT molecular complexity index is 590. The van der Waals surface area contributed by atoms with E-state index in [2.05, 4.69) is 17.4 Å². The fraction of sp³-hybridized carbons (Fsp3) is 0.353. The van der Waals surface area contributed by atoms with Crippen LogP contribution in [0.5, 0.6) is 0 Å². The SMILES string of the molecule is CCC(CO)NC(=O)C(C)c1ccc2ccccc2c1. The van der Waals surface area contributed by atoms with Gasteiger partial charge in [-0.3, -0.25) is 4.79 Å². The first-order valence-electron chi connectivity index (χ1n) is 7.05. The van der Waals surface area contributed by atoms with E-state index in [1.54, 1.807) is 0 Å². The van der Waals surface area contributed by atoms with Gasteiger partial charge < -0.3 is 10.4 Å². The predicted molar refractivity (Wildman–Crippen MR) is 81.7 cm³/mol. The summed E-state index contributed by atoms with van der Waals surface area (Å²) in [5, 5.41) is 14.3. The van der Waals surface area contributed by atoms with Crippen molar-refractivity contribution in [3.63, 3.8) is 0 Å². The first kappa shape index (κ1) is 14.5. The Labute approximate surface area is 119 Å². The quantitative estimate of drug-likeness (QED) is 0.878. The minimum Gasteiger partial charge on any atom is -0.394 e. The normalized spacial score (nSPS) is 13.9. The number of rotatable bonds is 5. The highest BCUT2D eigenvalue weighted by Crippen LogP contribution is 2.22. The molecule has 0 aliphatic rings. The number of benzene rings is 2. The molecule has 1 amide bonds. The number of hydrogen-bond acceptors (Lipinski definition) is 2. The van der Waals surface area contributed by atoms with E-state index < -0.39 is 0 Å². The number of carbonyl (C=O) groups excluding carboxylic acids is 1. The molecule has 0 radical (unpaired) electrons. The molecular weight excluding hydrogens is 250 g/mol. The Balaban J connectivity index is 2.17. The van der Waals surface area contributed by atoms with Crippen molar-refractivity contribution >= 4 is 16.7 Å². The molecule has 0 bridgehead atoms. The molecule has 0 aliphatic carbocycles. The lowest BCUT2D eigenvalue weighted by Crippen LogP contribution is -2.39. The number of fused-ring (bicyclic) bond motifs is 1. The highest BCUT2D eigenvalue weighted by atomic mass is 16.3. The van der Waals surface area contributed by atoms with Gasteiger partial charge in [-0.05, 0) is 29.7 Å². The van der Waals surface area contributed by atoms with Gasteiger partial charge in [-0.1, -0.05) is 49.4 Å². The third kappa shape index (κ3) is 3.17. The van der Waals surface area contributed by atoms with Crippen molar-refractivity contribution in [3.05, 3.63) is 48.0 Å². The molecule has 0 spiro atoms. The molecule has 0 fully saturated rings. The first-order valence-corrected chi connectivity index (χ1v) is 7.05. The standard InChI is InChI=1S/C17H21NO2/c1-3-16(11-19)18-17(20)12(2)14-9-8-13-6-4-5-7-15(13)10-14/h4-10,12,16,19H,3,11H2,1-2H3,(H,18,20). The number of aliphatic hydroxyl groups is 1. The molecule has 2 N–H and O–H groups in total. The second-order valence-corrected chi connectivity index (χ2v) is 5.12. The lowest BCUT2D eigenvalue weighted by molar-refractivity contribution is -0.123. The van der Waals surface area contributed by atoms with Gasteiger partial charge in [0, 0.05) is 0 Å². The largest absolute Gasteiger partial charge is 0.394 e. The summed E-state index contributed by atoms with van der Waals surface area (Å²) >= 11 is 0. The van der Waals surface area contributed by atoms with Crippen LogP contribution in [-0.4, -0.2) is 23.7 Å². The van der Waals surface area contributed by atoms with Crippen LogP contribution in [0.1, 0.15) is 31.7 Å². The second-order valence-electron chi connectivity index (χ2n) is 5.12. The maximum absolute atomic E-state index is 12.2. The number of hydrogen-bond donors (Lipinski definition) is 2. The molecule has 2 atom stereocenters. The van der Waals surface area contributed by atoms with E-state index in [1.165, 1.54) is 5.39 Å². The van der Waals surface area contributed by atoms with Crippen molar-refractivity contribution in [2.75, 3.05) is 6.61 Å². The third-order valence-corrected chi connectivity index (χ3v) is 3.73. The zero-order valence-corrected chi connectivity index (χ0v) is 12.0. The van der Waals surface area contributed by atoms with E-state index in [9.17, 15) is 4.79 Å². The van der Waals surface area contributed by atoms with Crippen LogP contribution in [-0.2, 0) is 4.79 Å². The summed E-state index contributed by atoms with van der Waals surface area (Å²) in [4.78, 5) is 12.2.